The molecule has 42 heavy (non-hydrogen) atoms. The first-order valence-electron chi connectivity index (χ1n) is 13.4. The van der Waals surface area contributed by atoms with Gasteiger partial charge in [0.25, 0.3) is 10.0 Å². The third-order valence-corrected chi connectivity index (χ3v) is 9.10. The third kappa shape index (κ3) is 8.49. The van der Waals surface area contributed by atoms with Gasteiger partial charge >= 0.3 is 0 Å². The van der Waals surface area contributed by atoms with Crippen molar-refractivity contribution in [1.82, 2.24) is 10.2 Å². The van der Waals surface area contributed by atoms with Crippen molar-refractivity contribution in [1.29, 1.82) is 0 Å². The number of nitrogens with zero attached hydrogens (tertiary/aromatic N) is 2. The highest BCUT2D eigenvalue weighted by molar-refractivity contribution is 9.10. The van der Waals surface area contributed by atoms with E-state index in [1.54, 1.807) is 54.6 Å². The normalized spacial score (nSPS) is 12.4. The van der Waals surface area contributed by atoms with Crippen LogP contribution < -0.4 is 14.4 Å². The van der Waals surface area contributed by atoms with Crippen LogP contribution in [-0.4, -0.2) is 50.4 Å². The molecule has 1 atom stereocenters. The molecule has 0 aliphatic carbocycles. The van der Waals surface area contributed by atoms with Crippen molar-refractivity contribution in [2.45, 2.75) is 64.1 Å². The Hall–Kier alpha value is -3.08. The van der Waals surface area contributed by atoms with Gasteiger partial charge in [0.15, 0.2) is 0 Å². The summed E-state index contributed by atoms with van der Waals surface area (Å²) in [6.07, 6.45) is 0.323. The lowest BCUT2D eigenvalue weighted by Gasteiger charge is -2.34. The van der Waals surface area contributed by atoms with Crippen molar-refractivity contribution in [2.24, 2.45) is 0 Å². The molecule has 3 rings (SSSR count). The summed E-state index contributed by atoms with van der Waals surface area (Å²) in [6, 6.07) is 17.4. The number of amides is 2. The average molecular weight is 679 g/mol. The van der Waals surface area contributed by atoms with E-state index in [2.05, 4.69) is 21.2 Å². The molecular weight excluding hydrogens is 642 g/mol. The highest BCUT2D eigenvalue weighted by Gasteiger charge is 2.34. The number of nitrogens with one attached hydrogen (secondary N) is 1. The summed E-state index contributed by atoms with van der Waals surface area (Å²) in [6.45, 7) is 8.86. The van der Waals surface area contributed by atoms with Gasteiger partial charge in [0.1, 0.15) is 18.3 Å². The summed E-state index contributed by atoms with van der Waals surface area (Å²) >= 11 is 9.44. The van der Waals surface area contributed by atoms with E-state index in [9.17, 15) is 18.0 Å². The molecule has 0 aromatic heterocycles. The molecular formula is C31H37BrClN3O5S. The van der Waals surface area contributed by atoms with E-state index in [0.29, 0.717) is 27.4 Å². The van der Waals surface area contributed by atoms with Crippen molar-refractivity contribution in [3.8, 4) is 5.75 Å². The smallest absolute Gasteiger partial charge is 0.264 e. The summed E-state index contributed by atoms with van der Waals surface area (Å²) in [5.41, 5.74) is 1.47. The van der Waals surface area contributed by atoms with E-state index >= 15 is 0 Å². The van der Waals surface area contributed by atoms with Crippen LogP contribution in [0.25, 0.3) is 0 Å². The number of aryl methyl sites for hydroxylation is 1. The van der Waals surface area contributed by atoms with Gasteiger partial charge in [-0.25, -0.2) is 8.42 Å². The SMILES string of the molecule is CCC(C(=O)NC(C)(C)C)N(Cc1ccc(Cl)cc1)C(=O)CN(c1ccc(C)cc1)S(=O)(=O)c1ccc(OC)c(Br)c1. The lowest BCUT2D eigenvalue weighted by molar-refractivity contribution is -0.141. The van der Waals surface area contributed by atoms with Crippen LogP contribution in [0.4, 0.5) is 5.69 Å². The second kappa shape index (κ2) is 13.9. The first kappa shape index (κ1) is 33.4. The van der Waals surface area contributed by atoms with Gasteiger partial charge in [-0.3, -0.25) is 13.9 Å². The lowest BCUT2D eigenvalue weighted by atomic mass is 10.1. The fourth-order valence-corrected chi connectivity index (χ4v) is 6.59. The molecule has 3 aromatic carbocycles. The van der Waals surface area contributed by atoms with Crippen molar-refractivity contribution < 1.29 is 22.7 Å². The maximum absolute atomic E-state index is 14.2. The predicted molar refractivity (Wildman–Crippen MR) is 170 cm³/mol. The minimum absolute atomic E-state index is 0.0229. The maximum atomic E-state index is 14.2. The molecule has 0 aliphatic heterocycles. The van der Waals surface area contributed by atoms with E-state index in [-0.39, 0.29) is 17.3 Å². The number of carbonyl (C=O) groups is 2. The number of methoxy groups -OCH3 is 1. The minimum atomic E-state index is -4.22. The van der Waals surface area contributed by atoms with Gasteiger partial charge in [0.05, 0.1) is 22.2 Å². The average Bonchev–Trinajstić information content (AvgIpc) is 2.92. The van der Waals surface area contributed by atoms with Gasteiger partial charge in [0, 0.05) is 17.1 Å². The van der Waals surface area contributed by atoms with Gasteiger partial charge in [-0.2, -0.15) is 0 Å². The van der Waals surface area contributed by atoms with Crippen LogP contribution in [0.15, 0.2) is 76.1 Å². The quantitative estimate of drug-likeness (QED) is 0.256. The Balaban J connectivity index is 2.09. The van der Waals surface area contributed by atoms with Crippen LogP contribution in [0.3, 0.4) is 0 Å². The molecule has 0 saturated heterocycles. The van der Waals surface area contributed by atoms with Crippen LogP contribution in [0.5, 0.6) is 5.75 Å². The molecule has 8 nitrogen and oxygen atoms in total. The number of hydrogen-bond donors (Lipinski definition) is 1. The standard InChI is InChI=1S/C31H37BrClN3O5S/c1-7-27(30(38)34-31(3,4)5)35(19-22-10-12-23(33)13-11-22)29(37)20-36(24-14-8-21(2)9-15-24)42(39,40)25-16-17-28(41-6)26(32)18-25/h8-18,27H,7,19-20H2,1-6H3,(H,34,38). The Morgan fingerprint density at radius 2 is 1.64 bits per heavy atom. The fraction of sp³-hybridized carbons (Fsp3) is 0.355. The number of anilines is 1. The Bertz CT molecular complexity index is 1510. The topological polar surface area (TPSA) is 96.0 Å². The van der Waals surface area contributed by atoms with Crippen LogP contribution in [0.1, 0.15) is 45.2 Å². The number of rotatable bonds is 11. The van der Waals surface area contributed by atoms with E-state index in [1.807, 2.05) is 34.6 Å². The molecule has 0 spiro atoms. The number of ether oxygens (including phenoxy) is 1. The molecule has 0 saturated carbocycles. The molecule has 11 heteroatoms. The van der Waals surface area contributed by atoms with Crippen LogP contribution in [-0.2, 0) is 26.2 Å². The summed E-state index contributed by atoms with van der Waals surface area (Å²) in [5.74, 6) is -0.384. The number of benzene rings is 3. The third-order valence-electron chi connectivity index (χ3n) is 6.46. The molecule has 0 heterocycles. The molecule has 0 bridgehead atoms. The molecule has 1 unspecified atom stereocenters. The zero-order chi connectivity index (χ0) is 31.2. The second-order valence-electron chi connectivity index (χ2n) is 11.0. The molecule has 226 valence electrons. The zero-order valence-electron chi connectivity index (χ0n) is 24.6. The number of halogens is 2. The van der Waals surface area contributed by atoms with Gasteiger partial charge in [-0.15, -0.1) is 0 Å². The number of carbonyl (C=O) groups excluding carboxylic acids is 2. The van der Waals surface area contributed by atoms with E-state index in [4.69, 9.17) is 16.3 Å². The second-order valence-corrected chi connectivity index (χ2v) is 14.1. The molecule has 0 radical (unpaired) electrons. The highest BCUT2D eigenvalue weighted by Crippen LogP contribution is 2.31. The van der Waals surface area contributed by atoms with Crippen LogP contribution in [0.2, 0.25) is 5.02 Å². The van der Waals surface area contributed by atoms with Gasteiger partial charge in [-0.1, -0.05) is 48.4 Å². The zero-order valence-corrected chi connectivity index (χ0v) is 27.8. The largest absolute Gasteiger partial charge is 0.496 e. The molecule has 0 aliphatic rings. The summed E-state index contributed by atoms with van der Waals surface area (Å²) in [4.78, 5) is 29.0. The van der Waals surface area contributed by atoms with Gasteiger partial charge in [0.2, 0.25) is 11.8 Å². The Labute approximate surface area is 262 Å². The minimum Gasteiger partial charge on any atom is -0.496 e. The maximum Gasteiger partial charge on any atom is 0.264 e. The van der Waals surface area contributed by atoms with E-state index < -0.39 is 34.1 Å². The summed E-state index contributed by atoms with van der Waals surface area (Å²) in [7, 11) is -2.73. The summed E-state index contributed by atoms with van der Waals surface area (Å²) in [5, 5.41) is 3.50. The van der Waals surface area contributed by atoms with Gasteiger partial charge in [-0.05, 0) is 98.1 Å². The molecule has 2 amide bonds. The van der Waals surface area contributed by atoms with Crippen molar-refractivity contribution >= 4 is 55.1 Å². The first-order chi connectivity index (χ1) is 19.7. The monoisotopic (exact) mass is 677 g/mol. The number of hydrogen-bond acceptors (Lipinski definition) is 5. The van der Waals surface area contributed by atoms with Crippen molar-refractivity contribution in [3.05, 3.63) is 87.4 Å². The first-order valence-corrected chi connectivity index (χ1v) is 16.1. The molecule has 0 fully saturated rings. The Morgan fingerprint density at radius 3 is 2.17 bits per heavy atom. The Morgan fingerprint density at radius 1 is 1.02 bits per heavy atom. The Kier molecular flexibility index (Phi) is 11.1. The lowest BCUT2D eigenvalue weighted by Crippen LogP contribution is -2.55. The molecule has 1 N–H and O–H groups in total. The fourth-order valence-electron chi connectivity index (χ4n) is 4.33. The van der Waals surface area contributed by atoms with E-state index in [1.165, 1.54) is 24.1 Å². The van der Waals surface area contributed by atoms with Gasteiger partial charge < -0.3 is 15.0 Å². The van der Waals surface area contributed by atoms with Crippen LogP contribution >= 0.6 is 27.5 Å². The highest BCUT2D eigenvalue weighted by atomic mass is 79.9. The van der Waals surface area contributed by atoms with Crippen molar-refractivity contribution in [3.63, 3.8) is 0 Å². The van der Waals surface area contributed by atoms with Crippen molar-refractivity contribution in [2.75, 3.05) is 18.0 Å². The molecule has 3 aromatic rings. The van der Waals surface area contributed by atoms with E-state index in [0.717, 1.165) is 15.4 Å². The number of sulfonamides is 1. The van der Waals surface area contributed by atoms with Crippen LogP contribution in [0, 0.1) is 6.92 Å². The summed E-state index contributed by atoms with van der Waals surface area (Å²) < 4.78 is 35.0. The predicted octanol–water partition coefficient (Wildman–Crippen LogP) is 6.34.